The van der Waals surface area contributed by atoms with E-state index < -0.39 is 0 Å². The summed E-state index contributed by atoms with van der Waals surface area (Å²) in [5.41, 5.74) is 6.74. The molecule has 0 saturated carbocycles. The standard InChI is InChI=1S/C24H28N4O3/c1-4-16-14-22(29)27-28-23(16)17-8-9-20-21(13-17)31-24(26-20)18-6-5-7-19(12-18)30-11-10-25-15(2)3/h5-9,12-13,15-16,25H,4,10-11,14H2,1-3H3,(H,27,29). The fourth-order valence-corrected chi connectivity index (χ4v) is 3.66. The van der Waals surface area contributed by atoms with Crippen LogP contribution in [0.1, 0.15) is 39.2 Å². The SMILES string of the molecule is CCC1CC(=O)NN=C1c1ccc2nc(-c3cccc(OCCNC(C)C)c3)oc2c1. The molecule has 7 nitrogen and oxygen atoms in total. The fraction of sp³-hybridized carbons (Fsp3) is 0.375. The van der Waals surface area contributed by atoms with Gasteiger partial charge in [-0.05, 0) is 36.8 Å². The van der Waals surface area contributed by atoms with Gasteiger partial charge in [0.1, 0.15) is 17.9 Å². The molecule has 162 valence electrons. The van der Waals surface area contributed by atoms with E-state index in [9.17, 15) is 4.79 Å². The van der Waals surface area contributed by atoms with Gasteiger partial charge in [0.25, 0.3) is 0 Å². The Balaban J connectivity index is 1.55. The minimum Gasteiger partial charge on any atom is -0.492 e. The van der Waals surface area contributed by atoms with E-state index in [1.54, 1.807) is 0 Å². The third-order valence-electron chi connectivity index (χ3n) is 5.30. The Morgan fingerprint density at radius 1 is 1.23 bits per heavy atom. The molecule has 31 heavy (non-hydrogen) atoms. The number of fused-ring (bicyclic) bond motifs is 1. The van der Waals surface area contributed by atoms with E-state index in [1.165, 1.54) is 0 Å². The molecular weight excluding hydrogens is 392 g/mol. The molecule has 0 fully saturated rings. The molecule has 1 aliphatic heterocycles. The molecular formula is C24H28N4O3. The lowest BCUT2D eigenvalue weighted by Gasteiger charge is -2.21. The van der Waals surface area contributed by atoms with E-state index >= 15 is 0 Å². The predicted molar refractivity (Wildman–Crippen MR) is 121 cm³/mol. The van der Waals surface area contributed by atoms with Crippen LogP contribution < -0.4 is 15.5 Å². The Morgan fingerprint density at radius 2 is 2.10 bits per heavy atom. The lowest BCUT2D eigenvalue weighted by Crippen LogP contribution is -2.33. The maximum Gasteiger partial charge on any atom is 0.240 e. The Bertz CT molecular complexity index is 1100. The number of hydrogen-bond donors (Lipinski definition) is 2. The van der Waals surface area contributed by atoms with Gasteiger partial charge in [-0.1, -0.05) is 32.9 Å². The van der Waals surface area contributed by atoms with E-state index in [4.69, 9.17) is 9.15 Å². The molecule has 0 bridgehead atoms. The molecule has 0 radical (unpaired) electrons. The molecule has 7 heteroatoms. The molecule has 1 atom stereocenters. The number of hydrazone groups is 1. The highest BCUT2D eigenvalue weighted by Crippen LogP contribution is 2.29. The molecule has 2 N–H and O–H groups in total. The van der Waals surface area contributed by atoms with Crippen molar-refractivity contribution in [1.82, 2.24) is 15.7 Å². The van der Waals surface area contributed by atoms with Crippen LogP contribution in [0.5, 0.6) is 5.75 Å². The van der Waals surface area contributed by atoms with Gasteiger partial charge in [-0.3, -0.25) is 4.79 Å². The van der Waals surface area contributed by atoms with E-state index in [2.05, 4.69) is 41.6 Å². The molecule has 1 amide bonds. The number of nitrogens with zero attached hydrogens (tertiary/aromatic N) is 2. The Morgan fingerprint density at radius 3 is 2.90 bits per heavy atom. The lowest BCUT2D eigenvalue weighted by molar-refractivity contribution is -0.122. The average molecular weight is 421 g/mol. The van der Waals surface area contributed by atoms with Crippen molar-refractivity contribution in [2.45, 2.75) is 39.7 Å². The van der Waals surface area contributed by atoms with Crippen molar-refractivity contribution in [2.75, 3.05) is 13.2 Å². The second-order valence-electron chi connectivity index (χ2n) is 8.03. The number of nitrogens with one attached hydrogen (secondary N) is 2. The first-order valence-corrected chi connectivity index (χ1v) is 10.8. The van der Waals surface area contributed by atoms with Crippen molar-refractivity contribution in [3.8, 4) is 17.2 Å². The van der Waals surface area contributed by atoms with Crippen LogP contribution in [0.15, 0.2) is 52.0 Å². The Kier molecular flexibility index (Phi) is 6.32. The lowest BCUT2D eigenvalue weighted by atomic mass is 9.90. The zero-order chi connectivity index (χ0) is 21.8. The third-order valence-corrected chi connectivity index (χ3v) is 5.30. The van der Waals surface area contributed by atoms with Crippen LogP contribution in [0, 0.1) is 5.92 Å². The van der Waals surface area contributed by atoms with Crippen molar-refractivity contribution in [1.29, 1.82) is 0 Å². The second-order valence-corrected chi connectivity index (χ2v) is 8.03. The molecule has 0 aliphatic carbocycles. The zero-order valence-electron chi connectivity index (χ0n) is 18.1. The maximum atomic E-state index is 11.7. The molecule has 0 spiro atoms. The third kappa shape index (κ3) is 4.94. The Hall–Kier alpha value is -3.19. The van der Waals surface area contributed by atoms with Crippen LogP contribution in [0.3, 0.4) is 0 Å². The second kappa shape index (κ2) is 9.31. The number of amides is 1. The zero-order valence-corrected chi connectivity index (χ0v) is 18.1. The smallest absolute Gasteiger partial charge is 0.240 e. The summed E-state index contributed by atoms with van der Waals surface area (Å²) in [7, 11) is 0. The van der Waals surface area contributed by atoms with Gasteiger partial charge in [-0.2, -0.15) is 5.10 Å². The summed E-state index contributed by atoms with van der Waals surface area (Å²) in [6, 6.07) is 14.1. The van der Waals surface area contributed by atoms with E-state index in [0.29, 0.717) is 30.5 Å². The largest absolute Gasteiger partial charge is 0.492 e. The molecule has 1 aliphatic rings. The average Bonchev–Trinajstić information content (AvgIpc) is 3.20. The topological polar surface area (TPSA) is 88.8 Å². The first-order valence-electron chi connectivity index (χ1n) is 10.8. The molecule has 2 aromatic carbocycles. The number of carbonyl (C=O) groups is 1. The van der Waals surface area contributed by atoms with Crippen molar-refractivity contribution in [2.24, 2.45) is 11.0 Å². The number of ether oxygens (including phenoxy) is 1. The summed E-state index contributed by atoms with van der Waals surface area (Å²) in [6.45, 7) is 7.67. The number of rotatable bonds is 8. The van der Waals surface area contributed by atoms with Crippen LogP contribution in [0.2, 0.25) is 0 Å². The first-order chi connectivity index (χ1) is 15.0. The molecule has 3 aromatic rings. The summed E-state index contributed by atoms with van der Waals surface area (Å²) in [5, 5.41) is 7.63. The first kappa shape index (κ1) is 21.1. The number of hydrogen-bond acceptors (Lipinski definition) is 6. The highest BCUT2D eigenvalue weighted by molar-refractivity contribution is 6.07. The summed E-state index contributed by atoms with van der Waals surface area (Å²) < 4.78 is 11.9. The highest BCUT2D eigenvalue weighted by atomic mass is 16.5. The van der Waals surface area contributed by atoms with Gasteiger partial charge >= 0.3 is 0 Å². The van der Waals surface area contributed by atoms with Crippen molar-refractivity contribution < 1.29 is 13.9 Å². The normalized spacial score (nSPS) is 16.5. The molecule has 4 rings (SSSR count). The van der Waals surface area contributed by atoms with Crippen LogP contribution in [-0.2, 0) is 4.79 Å². The number of carbonyl (C=O) groups excluding carboxylic acids is 1. The van der Waals surface area contributed by atoms with E-state index in [-0.39, 0.29) is 11.8 Å². The van der Waals surface area contributed by atoms with Crippen LogP contribution in [0.25, 0.3) is 22.6 Å². The van der Waals surface area contributed by atoms with Crippen LogP contribution in [0.4, 0.5) is 0 Å². The molecule has 2 heterocycles. The van der Waals surface area contributed by atoms with E-state index in [1.807, 2.05) is 42.5 Å². The fourth-order valence-electron chi connectivity index (χ4n) is 3.66. The van der Waals surface area contributed by atoms with Gasteiger partial charge in [0.2, 0.25) is 11.8 Å². The summed E-state index contributed by atoms with van der Waals surface area (Å²) in [4.78, 5) is 16.3. The van der Waals surface area contributed by atoms with Gasteiger partial charge in [-0.25, -0.2) is 10.4 Å². The van der Waals surface area contributed by atoms with Crippen molar-refractivity contribution >= 4 is 22.7 Å². The number of oxazole rings is 1. The van der Waals surface area contributed by atoms with Crippen LogP contribution in [-0.4, -0.2) is 35.8 Å². The minimum absolute atomic E-state index is 0.0410. The van der Waals surface area contributed by atoms with Gasteiger partial charge < -0.3 is 14.5 Å². The van der Waals surface area contributed by atoms with Crippen molar-refractivity contribution in [3.05, 3.63) is 48.0 Å². The Labute approximate surface area is 181 Å². The molecule has 1 unspecified atom stereocenters. The summed E-state index contributed by atoms with van der Waals surface area (Å²) >= 11 is 0. The van der Waals surface area contributed by atoms with Crippen molar-refractivity contribution in [3.63, 3.8) is 0 Å². The summed E-state index contributed by atoms with van der Waals surface area (Å²) in [5.74, 6) is 1.39. The van der Waals surface area contributed by atoms with Gasteiger partial charge in [-0.15, -0.1) is 0 Å². The molecule has 0 saturated heterocycles. The van der Waals surface area contributed by atoms with Crippen LogP contribution >= 0.6 is 0 Å². The quantitative estimate of drug-likeness (QED) is 0.535. The number of aromatic nitrogens is 1. The maximum absolute atomic E-state index is 11.7. The minimum atomic E-state index is -0.0410. The number of benzene rings is 2. The van der Waals surface area contributed by atoms with Gasteiger partial charge in [0.15, 0.2) is 5.58 Å². The van der Waals surface area contributed by atoms with Gasteiger partial charge in [0, 0.05) is 36.1 Å². The van der Waals surface area contributed by atoms with E-state index in [0.717, 1.165) is 41.1 Å². The monoisotopic (exact) mass is 420 g/mol. The highest BCUT2D eigenvalue weighted by Gasteiger charge is 2.24. The van der Waals surface area contributed by atoms with Gasteiger partial charge in [0.05, 0.1) is 5.71 Å². The predicted octanol–water partition coefficient (Wildman–Crippen LogP) is 4.12. The molecule has 1 aromatic heterocycles. The summed E-state index contributed by atoms with van der Waals surface area (Å²) in [6.07, 6.45) is 1.31.